The van der Waals surface area contributed by atoms with E-state index >= 15 is 0 Å². The highest BCUT2D eigenvalue weighted by Crippen LogP contribution is 2.23. The van der Waals surface area contributed by atoms with Crippen LogP contribution in [0.4, 0.5) is 5.69 Å². The van der Waals surface area contributed by atoms with Crippen LogP contribution in [0.15, 0.2) is 103 Å². The standard InChI is InChI=1S/C26H20ClNO3/c27-25-9-5-4-6-20(25)18-30-22-14-10-19(11-15-22)26(29)28-21-12-16-24(17-13-21)31-23-7-2-1-3-8-23/h1-17H,18H2,(H,28,29). The SMILES string of the molecule is O=C(Nc1ccc(Oc2ccccc2)cc1)c1ccc(OCc2ccccc2Cl)cc1. The molecule has 0 radical (unpaired) electrons. The zero-order valence-corrected chi connectivity index (χ0v) is 17.4. The van der Waals surface area contributed by atoms with Gasteiger partial charge in [0, 0.05) is 21.8 Å². The van der Waals surface area contributed by atoms with Crippen LogP contribution in [0, 0.1) is 0 Å². The Morgan fingerprint density at radius 3 is 2.03 bits per heavy atom. The zero-order chi connectivity index (χ0) is 21.5. The first-order valence-electron chi connectivity index (χ1n) is 9.78. The zero-order valence-electron chi connectivity index (χ0n) is 16.6. The molecule has 0 aromatic heterocycles. The van der Waals surface area contributed by atoms with Crippen LogP contribution in [0.1, 0.15) is 15.9 Å². The molecule has 0 atom stereocenters. The Hall–Kier alpha value is -3.76. The summed E-state index contributed by atoms with van der Waals surface area (Å²) >= 11 is 6.14. The van der Waals surface area contributed by atoms with E-state index in [4.69, 9.17) is 21.1 Å². The Bertz CT molecular complexity index is 1140. The molecule has 0 aliphatic rings. The van der Waals surface area contributed by atoms with Crippen LogP contribution in [0.25, 0.3) is 0 Å². The number of amides is 1. The molecule has 1 amide bonds. The number of para-hydroxylation sites is 1. The first kappa shape index (κ1) is 20.5. The predicted octanol–water partition coefficient (Wildman–Crippen LogP) is 6.96. The molecule has 0 bridgehead atoms. The summed E-state index contributed by atoms with van der Waals surface area (Å²) in [5, 5.41) is 3.55. The number of carbonyl (C=O) groups is 1. The second-order valence-electron chi connectivity index (χ2n) is 6.80. The van der Waals surface area contributed by atoms with E-state index in [1.807, 2.05) is 66.7 Å². The van der Waals surface area contributed by atoms with E-state index in [1.165, 1.54) is 0 Å². The molecule has 4 aromatic carbocycles. The van der Waals surface area contributed by atoms with Crippen molar-refractivity contribution in [2.24, 2.45) is 0 Å². The van der Waals surface area contributed by atoms with Crippen LogP contribution in [0.3, 0.4) is 0 Å². The van der Waals surface area contributed by atoms with Crippen molar-refractivity contribution in [1.82, 2.24) is 0 Å². The molecule has 154 valence electrons. The molecule has 4 nitrogen and oxygen atoms in total. The minimum absolute atomic E-state index is 0.200. The van der Waals surface area contributed by atoms with Crippen molar-refractivity contribution in [3.8, 4) is 17.2 Å². The molecule has 0 unspecified atom stereocenters. The fraction of sp³-hybridized carbons (Fsp3) is 0.0385. The van der Waals surface area contributed by atoms with Crippen molar-refractivity contribution >= 4 is 23.2 Å². The molecule has 0 saturated carbocycles. The van der Waals surface area contributed by atoms with Crippen molar-refractivity contribution < 1.29 is 14.3 Å². The first-order valence-corrected chi connectivity index (χ1v) is 10.2. The van der Waals surface area contributed by atoms with Gasteiger partial charge in [0.1, 0.15) is 23.9 Å². The summed E-state index contributed by atoms with van der Waals surface area (Å²) in [5.74, 6) is 1.92. The third kappa shape index (κ3) is 5.65. The Labute approximate surface area is 186 Å². The van der Waals surface area contributed by atoms with Crippen molar-refractivity contribution in [1.29, 1.82) is 0 Å². The summed E-state index contributed by atoms with van der Waals surface area (Å²) in [6, 6.07) is 31.3. The Morgan fingerprint density at radius 1 is 0.710 bits per heavy atom. The third-order valence-corrected chi connectivity index (χ3v) is 4.93. The minimum atomic E-state index is -0.200. The maximum atomic E-state index is 12.5. The molecule has 0 aliphatic carbocycles. The van der Waals surface area contributed by atoms with E-state index < -0.39 is 0 Å². The number of ether oxygens (including phenoxy) is 2. The lowest BCUT2D eigenvalue weighted by Crippen LogP contribution is -2.11. The number of halogens is 1. The Morgan fingerprint density at radius 2 is 1.32 bits per heavy atom. The topological polar surface area (TPSA) is 47.6 Å². The van der Waals surface area contributed by atoms with E-state index in [9.17, 15) is 4.79 Å². The summed E-state index contributed by atoms with van der Waals surface area (Å²) in [6.45, 7) is 0.364. The first-order chi connectivity index (χ1) is 15.2. The second kappa shape index (κ2) is 9.83. The van der Waals surface area contributed by atoms with Crippen molar-refractivity contribution in [3.63, 3.8) is 0 Å². The molecule has 0 spiro atoms. The molecule has 0 aliphatic heterocycles. The smallest absolute Gasteiger partial charge is 0.255 e. The average Bonchev–Trinajstić information content (AvgIpc) is 2.81. The molecule has 0 saturated heterocycles. The highest BCUT2D eigenvalue weighted by Gasteiger charge is 2.07. The van der Waals surface area contributed by atoms with Gasteiger partial charge < -0.3 is 14.8 Å². The number of carbonyl (C=O) groups excluding carboxylic acids is 1. The van der Waals surface area contributed by atoms with Gasteiger partial charge in [0.2, 0.25) is 0 Å². The molecule has 0 fully saturated rings. The van der Waals surface area contributed by atoms with Crippen LogP contribution >= 0.6 is 11.6 Å². The van der Waals surface area contributed by atoms with E-state index in [1.54, 1.807) is 36.4 Å². The highest BCUT2D eigenvalue weighted by atomic mass is 35.5. The van der Waals surface area contributed by atoms with Gasteiger partial charge in [-0.2, -0.15) is 0 Å². The van der Waals surface area contributed by atoms with E-state index in [-0.39, 0.29) is 5.91 Å². The number of hydrogen-bond acceptors (Lipinski definition) is 3. The van der Waals surface area contributed by atoms with Crippen LogP contribution in [-0.2, 0) is 6.61 Å². The summed E-state index contributed by atoms with van der Waals surface area (Å²) in [5.41, 5.74) is 2.13. The lowest BCUT2D eigenvalue weighted by molar-refractivity contribution is 0.102. The van der Waals surface area contributed by atoms with Crippen LogP contribution in [-0.4, -0.2) is 5.91 Å². The number of rotatable bonds is 7. The maximum absolute atomic E-state index is 12.5. The minimum Gasteiger partial charge on any atom is -0.489 e. The molecule has 0 heterocycles. The van der Waals surface area contributed by atoms with Gasteiger partial charge in [-0.3, -0.25) is 4.79 Å². The van der Waals surface area contributed by atoms with Gasteiger partial charge in [0.15, 0.2) is 0 Å². The van der Waals surface area contributed by atoms with Gasteiger partial charge in [-0.05, 0) is 66.7 Å². The monoisotopic (exact) mass is 429 g/mol. The molecule has 1 N–H and O–H groups in total. The normalized spacial score (nSPS) is 10.4. The molecular weight excluding hydrogens is 410 g/mol. The van der Waals surface area contributed by atoms with E-state index in [2.05, 4.69) is 5.32 Å². The molecular formula is C26H20ClNO3. The van der Waals surface area contributed by atoms with Crippen molar-refractivity contribution in [2.75, 3.05) is 5.32 Å². The van der Waals surface area contributed by atoms with Crippen LogP contribution in [0.2, 0.25) is 5.02 Å². The fourth-order valence-corrected chi connectivity index (χ4v) is 3.10. The molecule has 4 aromatic rings. The van der Waals surface area contributed by atoms with Crippen LogP contribution < -0.4 is 14.8 Å². The lowest BCUT2D eigenvalue weighted by atomic mass is 10.2. The van der Waals surface area contributed by atoms with Gasteiger partial charge in [-0.25, -0.2) is 0 Å². The Balaban J connectivity index is 1.32. The quantitative estimate of drug-likeness (QED) is 0.345. The third-order valence-electron chi connectivity index (χ3n) is 4.56. The number of hydrogen-bond donors (Lipinski definition) is 1. The van der Waals surface area contributed by atoms with Gasteiger partial charge in [-0.15, -0.1) is 0 Å². The molecule has 31 heavy (non-hydrogen) atoms. The van der Waals surface area contributed by atoms with Gasteiger partial charge in [0.05, 0.1) is 0 Å². The van der Waals surface area contributed by atoms with Gasteiger partial charge >= 0.3 is 0 Å². The van der Waals surface area contributed by atoms with Gasteiger partial charge in [0.25, 0.3) is 5.91 Å². The summed E-state index contributed by atoms with van der Waals surface area (Å²) in [4.78, 5) is 12.5. The van der Waals surface area contributed by atoms with Crippen molar-refractivity contribution in [2.45, 2.75) is 6.61 Å². The second-order valence-corrected chi connectivity index (χ2v) is 7.21. The lowest BCUT2D eigenvalue weighted by Gasteiger charge is -2.10. The van der Waals surface area contributed by atoms with E-state index in [0.717, 1.165) is 11.3 Å². The largest absolute Gasteiger partial charge is 0.489 e. The maximum Gasteiger partial charge on any atom is 0.255 e. The summed E-state index contributed by atoms with van der Waals surface area (Å²) < 4.78 is 11.5. The Kier molecular flexibility index (Phi) is 6.50. The molecule has 4 rings (SSSR count). The molecule has 5 heteroatoms. The van der Waals surface area contributed by atoms with E-state index in [0.29, 0.717) is 34.4 Å². The van der Waals surface area contributed by atoms with Crippen molar-refractivity contribution in [3.05, 3.63) is 119 Å². The fourth-order valence-electron chi connectivity index (χ4n) is 2.91. The van der Waals surface area contributed by atoms with Gasteiger partial charge in [-0.1, -0.05) is 48.0 Å². The summed E-state index contributed by atoms with van der Waals surface area (Å²) in [6.07, 6.45) is 0. The number of anilines is 1. The number of benzene rings is 4. The highest BCUT2D eigenvalue weighted by molar-refractivity contribution is 6.31. The number of nitrogens with one attached hydrogen (secondary N) is 1. The van der Waals surface area contributed by atoms with Crippen LogP contribution in [0.5, 0.6) is 17.2 Å². The predicted molar refractivity (Wildman–Crippen MR) is 123 cm³/mol. The average molecular weight is 430 g/mol. The summed E-state index contributed by atoms with van der Waals surface area (Å²) in [7, 11) is 0.